The minimum absolute atomic E-state index is 0.0607. The van der Waals surface area contributed by atoms with Crippen molar-refractivity contribution in [2.24, 2.45) is 40.3 Å². The lowest BCUT2D eigenvalue weighted by Gasteiger charge is -2.29. The first-order chi connectivity index (χ1) is 60.4. The van der Waals surface area contributed by atoms with Crippen LogP contribution in [-0.2, 0) is 106 Å². The number of rotatable bonds is 59. The molecule has 0 fully saturated rings. The molecule has 706 valence electrons. The summed E-state index contributed by atoms with van der Waals surface area (Å²) in [5.74, 6) is -23.4. The number of phenolic OH excluding ortho intramolecular Hbond substituents is 2. The standard InChI is InChI=1S/C79H120N24O25/c1-5-39(2)62(102-74(124)57(38-105)101-70(120)51(32-43-18-22-45(107)23-19-43)92-60(111)36-90-65(115)47(81)15-11-29-88-78(84)85)75(125)98-53(31-42-13-7-6-8-14-42)71(121)100-56(37-104)73(123)96-52(33-44-20-24-46(108)25-21-44)69(119)91-40(3)64(114)103-63(41(4)106)76(126)95-48(16-9-10-28-80)66(116)93-49(17-12-30-89-79(86)87)67(117)94-50(26-27-58(82)109)68(118)97-54(35-61(112)113)72(122)99-55(77(127)128)34-59(83)110/h6-8,13-14,18-25,39-41,47-57,62-63,104-108H,5,9-12,15-17,26-38,80-81H2,1-4H3,(H2,82,109)(H2,83,110)(H,90,115)(H,91,119)(H,92,111)(H,93,116)(H,94,117)(H,95,126)(H,96,123)(H,97,118)(H,98,125)(H,99,122)(H,100,121)(H,101,120)(H,102,124)(H,103,114)(H,112,113)(H,127,128)(H4,84,85,88)(H4,86,87,89)/t39-,40-,41+,47-,48-,49-,50-,51-,52-,53-,54-,55-,56-,57-,62-,63-/m0/s1. The highest BCUT2D eigenvalue weighted by Gasteiger charge is 2.40. The Bertz CT molecular complexity index is 4300. The maximum absolute atomic E-state index is 14.6. The zero-order valence-corrected chi connectivity index (χ0v) is 71.0. The first kappa shape index (κ1) is 108. The van der Waals surface area contributed by atoms with Gasteiger partial charge in [-0.2, -0.15) is 0 Å². The van der Waals surface area contributed by atoms with Crippen LogP contribution in [-0.4, -0.2) is 284 Å². The van der Waals surface area contributed by atoms with Crippen LogP contribution < -0.4 is 119 Å². The van der Waals surface area contributed by atoms with Crippen molar-refractivity contribution in [2.45, 2.75) is 215 Å². The number of aliphatic carboxylic acids is 2. The van der Waals surface area contributed by atoms with Crippen LogP contribution in [0.2, 0.25) is 0 Å². The SMILES string of the molecule is CC[C@H](C)[C@H](NC(=O)[C@H](CO)NC(=O)[C@H](Cc1ccc(O)cc1)NC(=O)CNC(=O)[C@@H](N)CCCNC(=N)N)C(=O)N[C@@H](Cc1ccccc1)C(=O)N[C@@H](CO)C(=O)N[C@@H](Cc1ccc(O)cc1)C(=O)N[C@@H](C)C(=O)N[C@H](C(=O)N[C@@H](CCCCN)C(=O)N[C@@H](CCCNC(=N)N)C(=O)N[C@@H](CCC(N)=O)C(=O)N[C@@H](CC(=O)O)C(=O)N[C@@H](CC(N)=O)C(=O)O)[C@@H](C)O. The van der Waals surface area contributed by atoms with Crippen LogP contribution in [0.25, 0.3) is 0 Å². The van der Waals surface area contributed by atoms with Gasteiger partial charge in [-0.15, -0.1) is 0 Å². The highest BCUT2D eigenvalue weighted by Crippen LogP contribution is 2.17. The Balaban J connectivity index is 1.93. The number of nitrogens with two attached hydrogens (primary N) is 6. The Morgan fingerprint density at radius 2 is 0.773 bits per heavy atom. The topological polar surface area (TPSA) is 845 Å². The molecule has 0 saturated carbocycles. The van der Waals surface area contributed by atoms with Crippen LogP contribution in [0, 0.1) is 16.7 Å². The van der Waals surface area contributed by atoms with E-state index in [1.165, 1.54) is 48.5 Å². The number of nitrogens with one attached hydrogen (secondary N) is 18. The molecule has 16 atom stereocenters. The zero-order valence-electron chi connectivity index (χ0n) is 71.0. The lowest BCUT2D eigenvalue weighted by molar-refractivity contribution is -0.145. The van der Waals surface area contributed by atoms with E-state index in [1.54, 1.807) is 44.2 Å². The van der Waals surface area contributed by atoms with Crippen LogP contribution in [0.1, 0.15) is 121 Å². The monoisotopic (exact) mass is 1800 g/mol. The summed E-state index contributed by atoms with van der Waals surface area (Å²) in [7, 11) is 0. The largest absolute Gasteiger partial charge is 0.508 e. The van der Waals surface area contributed by atoms with E-state index in [0.29, 0.717) is 17.5 Å². The molecule has 3 rings (SSSR count). The van der Waals surface area contributed by atoms with Crippen LogP contribution in [0.4, 0.5) is 0 Å². The van der Waals surface area contributed by atoms with E-state index in [0.717, 1.165) is 13.8 Å². The van der Waals surface area contributed by atoms with Gasteiger partial charge in [0.25, 0.3) is 0 Å². The third kappa shape index (κ3) is 40.4. The number of aliphatic hydroxyl groups is 3. The van der Waals surface area contributed by atoms with Crippen molar-refractivity contribution in [1.29, 1.82) is 10.8 Å². The van der Waals surface area contributed by atoms with Crippen molar-refractivity contribution in [3.63, 3.8) is 0 Å². The van der Waals surface area contributed by atoms with Gasteiger partial charge in [0.05, 0.1) is 44.7 Å². The molecule has 3 aromatic carbocycles. The summed E-state index contributed by atoms with van der Waals surface area (Å²) in [6.07, 6.45) is -5.98. The van der Waals surface area contributed by atoms with E-state index in [1.807, 2.05) is 5.32 Å². The van der Waals surface area contributed by atoms with E-state index >= 15 is 0 Å². The molecule has 0 aliphatic carbocycles. The number of carboxylic acids is 2. The summed E-state index contributed by atoms with van der Waals surface area (Å²) in [5.41, 5.74) is 34.0. The van der Waals surface area contributed by atoms with Crippen LogP contribution in [0.15, 0.2) is 78.9 Å². The van der Waals surface area contributed by atoms with Crippen LogP contribution >= 0.6 is 0 Å². The fraction of sp³-hybridized carbons (Fsp3) is 0.519. The number of hydrogen-bond acceptors (Lipinski definition) is 27. The number of carboxylic acid groups (broad SMARTS) is 2. The number of hydrogen-bond donors (Lipinski definition) is 31. The molecule has 128 heavy (non-hydrogen) atoms. The predicted molar refractivity (Wildman–Crippen MR) is 454 cm³/mol. The van der Waals surface area contributed by atoms with Gasteiger partial charge in [0.2, 0.25) is 94.5 Å². The quantitative estimate of drug-likeness (QED) is 0.0142. The molecule has 0 unspecified atom stereocenters. The van der Waals surface area contributed by atoms with Crippen molar-refractivity contribution in [3.05, 3.63) is 95.6 Å². The number of primary amides is 2. The molecular weight excluding hydrogens is 1690 g/mol. The van der Waals surface area contributed by atoms with E-state index in [4.69, 9.17) is 45.2 Å². The fourth-order valence-electron chi connectivity index (χ4n) is 12.2. The zero-order chi connectivity index (χ0) is 96.0. The summed E-state index contributed by atoms with van der Waals surface area (Å²) in [5, 5.41) is 125. The normalized spacial score (nSPS) is 14.7. The summed E-state index contributed by atoms with van der Waals surface area (Å²) in [6, 6.07) is -5.60. The first-order valence-electron chi connectivity index (χ1n) is 40.7. The number of carbonyl (C=O) groups excluding carboxylic acids is 16. The second-order valence-corrected chi connectivity index (χ2v) is 30.0. The molecule has 16 amide bonds. The Morgan fingerprint density at radius 1 is 0.391 bits per heavy atom. The van der Waals surface area contributed by atoms with Gasteiger partial charge in [-0.1, -0.05) is 74.9 Å². The van der Waals surface area contributed by atoms with Gasteiger partial charge in [0.15, 0.2) is 11.9 Å². The van der Waals surface area contributed by atoms with E-state index < -0.39 is 261 Å². The molecule has 0 radical (unpaired) electrons. The summed E-state index contributed by atoms with van der Waals surface area (Å²) < 4.78 is 0. The Morgan fingerprint density at radius 3 is 1.23 bits per heavy atom. The van der Waals surface area contributed by atoms with Crippen LogP contribution in [0.5, 0.6) is 11.5 Å². The minimum atomic E-state index is -2.10. The van der Waals surface area contributed by atoms with Gasteiger partial charge in [0.1, 0.15) is 90.0 Å². The van der Waals surface area contributed by atoms with Gasteiger partial charge >= 0.3 is 11.9 Å². The van der Waals surface area contributed by atoms with Gasteiger partial charge in [-0.05, 0) is 119 Å². The number of aliphatic hydroxyl groups excluding tert-OH is 3. The fourth-order valence-corrected chi connectivity index (χ4v) is 12.2. The summed E-state index contributed by atoms with van der Waals surface area (Å²) >= 11 is 0. The first-order valence-corrected chi connectivity index (χ1v) is 40.7. The number of carbonyl (C=O) groups is 18. The van der Waals surface area contributed by atoms with Crippen molar-refractivity contribution >= 4 is 118 Å². The number of unbranched alkanes of at least 4 members (excludes halogenated alkanes) is 1. The third-order valence-electron chi connectivity index (χ3n) is 19.5. The van der Waals surface area contributed by atoms with Crippen molar-refractivity contribution in [1.82, 2.24) is 85.1 Å². The Labute approximate surface area is 734 Å². The second kappa shape index (κ2) is 56.1. The number of guanidine groups is 2. The molecule has 49 heteroatoms. The molecule has 0 heterocycles. The van der Waals surface area contributed by atoms with Crippen molar-refractivity contribution in [2.75, 3.05) is 39.4 Å². The minimum Gasteiger partial charge on any atom is -0.508 e. The molecule has 0 bridgehead atoms. The van der Waals surface area contributed by atoms with Gasteiger partial charge in [-0.3, -0.25) is 92.3 Å². The molecule has 0 aliphatic heterocycles. The highest BCUT2D eigenvalue weighted by atomic mass is 16.4. The number of amides is 16. The Kier molecular flexibility index (Phi) is 47.5. The average molecular weight is 1810 g/mol. The predicted octanol–water partition coefficient (Wildman–Crippen LogP) is -10.3. The molecular formula is C79H120N24O25. The van der Waals surface area contributed by atoms with E-state index in [9.17, 15) is 122 Å². The number of phenols is 2. The van der Waals surface area contributed by atoms with Gasteiger partial charge in [-0.25, -0.2) is 4.79 Å². The number of aromatic hydroxyl groups is 2. The molecule has 0 spiro atoms. The molecule has 3 aromatic rings. The number of benzene rings is 3. The maximum atomic E-state index is 14.6. The third-order valence-corrected chi connectivity index (χ3v) is 19.5. The molecule has 49 nitrogen and oxygen atoms in total. The average Bonchev–Trinajstić information content (AvgIpc) is 0.841. The van der Waals surface area contributed by atoms with Crippen molar-refractivity contribution in [3.8, 4) is 11.5 Å². The second-order valence-electron chi connectivity index (χ2n) is 30.0. The maximum Gasteiger partial charge on any atom is 0.326 e. The smallest absolute Gasteiger partial charge is 0.326 e. The summed E-state index contributed by atoms with van der Waals surface area (Å²) in [6.45, 7) is 2.65. The molecule has 0 saturated heterocycles. The van der Waals surface area contributed by atoms with Gasteiger partial charge < -0.3 is 155 Å². The lowest BCUT2D eigenvalue weighted by atomic mass is 9.96. The molecule has 37 N–H and O–H groups in total. The molecule has 0 aliphatic rings. The van der Waals surface area contributed by atoms with Gasteiger partial charge in [0, 0.05) is 38.8 Å². The van der Waals surface area contributed by atoms with Crippen molar-refractivity contribution < 1.29 is 122 Å². The summed E-state index contributed by atoms with van der Waals surface area (Å²) in [4.78, 5) is 244. The highest BCUT2D eigenvalue weighted by molar-refractivity contribution is 6.01. The Hall–Kier alpha value is -13.9. The van der Waals surface area contributed by atoms with E-state index in [2.05, 4.69) is 79.8 Å². The molecule has 0 aromatic heterocycles. The van der Waals surface area contributed by atoms with Crippen LogP contribution in [0.3, 0.4) is 0 Å². The van der Waals surface area contributed by atoms with E-state index in [-0.39, 0.29) is 100 Å². The lowest BCUT2D eigenvalue weighted by Crippen LogP contribution is -2.62.